The fraction of sp³-hybridized carbons (Fsp3) is 0.889. The lowest BCUT2D eigenvalue weighted by Gasteiger charge is -2.18. The standard InChI is InChI=1S/C36H68O4/c1-3-5-7-9-11-13-14-15-16-17-18-19-20-22-24-26-28-33-36(39)40-34(31-29-32-35(37)38)30-27-25-23-21-12-10-8-6-4-2/h15-16,34H,3-14,17-33H2,1-2H3,(H,37,38)/b16-15-. The van der Waals surface area contributed by atoms with E-state index in [2.05, 4.69) is 26.0 Å². The van der Waals surface area contributed by atoms with Crippen LogP contribution in [0.3, 0.4) is 0 Å². The van der Waals surface area contributed by atoms with E-state index in [1.54, 1.807) is 0 Å². The van der Waals surface area contributed by atoms with Crippen LogP contribution in [0.25, 0.3) is 0 Å². The predicted octanol–water partition coefficient (Wildman–Crippen LogP) is 11.9. The molecular weight excluding hydrogens is 496 g/mol. The summed E-state index contributed by atoms with van der Waals surface area (Å²) in [5.41, 5.74) is 0. The summed E-state index contributed by atoms with van der Waals surface area (Å²) >= 11 is 0. The molecule has 1 N–H and O–H groups in total. The third-order valence-corrected chi connectivity index (χ3v) is 7.99. The van der Waals surface area contributed by atoms with Crippen molar-refractivity contribution < 1.29 is 19.4 Å². The van der Waals surface area contributed by atoms with E-state index in [1.807, 2.05) is 0 Å². The van der Waals surface area contributed by atoms with Crippen molar-refractivity contribution in [3.8, 4) is 0 Å². The lowest BCUT2D eigenvalue weighted by atomic mass is 10.0. The fourth-order valence-corrected chi connectivity index (χ4v) is 5.36. The number of carbonyl (C=O) groups excluding carboxylic acids is 1. The minimum atomic E-state index is -0.770. The Labute approximate surface area is 249 Å². The molecule has 0 aliphatic rings. The zero-order valence-corrected chi connectivity index (χ0v) is 26.9. The number of carboxylic acids is 1. The van der Waals surface area contributed by atoms with Gasteiger partial charge in [0.25, 0.3) is 0 Å². The molecule has 0 radical (unpaired) electrons. The number of hydrogen-bond acceptors (Lipinski definition) is 3. The highest BCUT2D eigenvalue weighted by Crippen LogP contribution is 2.18. The Hall–Kier alpha value is -1.32. The second-order valence-electron chi connectivity index (χ2n) is 12.1. The molecule has 4 nitrogen and oxygen atoms in total. The summed E-state index contributed by atoms with van der Waals surface area (Å²) in [6.07, 6.45) is 37.9. The van der Waals surface area contributed by atoms with Crippen molar-refractivity contribution >= 4 is 11.9 Å². The van der Waals surface area contributed by atoms with E-state index in [4.69, 9.17) is 9.84 Å². The normalized spacial score (nSPS) is 12.2. The van der Waals surface area contributed by atoms with Crippen molar-refractivity contribution in [1.29, 1.82) is 0 Å². The van der Waals surface area contributed by atoms with Gasteiger partial charge in [0, 0.05) is 12.8 Å². The molecule has 0 amide bonds. The largest absolute Gasteiger partial charge is 0.481 e. The highest BCUT2D eigenvalue weighted by molar-refractivity contribution is 5.69. The Kier molecular flexibility index (Phi) is 31.1. The SMILES string of the molecule is CCCCCCCC/C=C\CCCCCCCCCC(=O)OC(CCCCCCCCCCC)CCCC(=O)O. The molecule has 0 aliphatic heterocycles. The van der Waals surface area contributed by atoms with Crippen molar-refractivity contribution in [3.05, 3.63) is 12.2 Å². The van der Waals surface area contributed by atoms with Gasteiger partial charge in [-0.05, 0) is 57.8 Å². The van der Waals surface area contributed by atoms with Crippen LogP contribution in [0.2, 0.25) is 0 Å². The van der Waals surface area contributed by atoms with Crippen LogP contribution < -0.4 is 0 Å². The van der Waals surface area contributed by atoms with Crippen molar-refractivity contribution in [2.45, 2.75) is 206 Å². The minimum Gasteiger partial charge on any atom is -0.481 e. The Balaban J connectivity index is 3.77. The average Bonchev–Trinajstić information content (AvgIpc) is 2.93. The van der Waals surface area contributed by atoms with Gasteiger partial charge in [-0.25, -0.2) is 0 Å². The van der Waals surface area contributed by atoms with Crippen LogP contribution >= 0.6 is 0 Å². The van der Waals surface area contributed by atoms with Crippen LogP contribution in [0.1, 0.15) is 200 Å². The van der Waals surface area contributed by atoms with Gasteiger partial charge in [0.05, 0.1) is 0 Å². The maximum Gasteiger partial charge on any atom is 0.306 e. The molecule has 0 aromatic rings. The molecule has 0 aromatic carbocycles. The highest BCUT2D eigenvalue weighted by Gasteiger charge is 2.15. The number of rotatable bonds is 32. The molecule has 4 heteroatoms. The first-order valence-electron chi connectivity index (χ1n) is 17.7. The third-order valence-electron chi connectivity index (χ3n) is 7.99. The van der Waals surface area contributed by atoms with Gasteiger partial charge in [0.2, 0.25) is 0 Å². The van der Waals surface area contributed by atoms with Crippen LogP contribution in [0.4, 0.5) is 0 Å². The van der Waals surface area contributed by atoms with E-state index in [0.717, 1.165) is 25.7 Å². The van der Waals surface area contributed by atoms with Gasteiger partial charge in [-0.15, -0.1) is 0 Å². The second kappa shape index (κ2) is 32.2. The Bertz CT molecular complexity index is 571. The number of ether oxygens (including phenoxy) is 1. The van der Waals surface area contributed by atoms with Gasteiger partial charge < -0.3 is 9.84 Å². The molecule has 0 saturated carbocycles. The lowest BCUT2D eigenvalue weighted by Crippen LogP contribution is -2.18. The molecule has 0 rings (SSSR count). The number of esters is 1. The maximum atomic E-state index is 12.4. The lowest BCUT2D eigenvalue weighted by molar-refractivity contribution is -0.150. The molecular formula is C36H68O4. The molecule has 0 saturated heterocycles. The van der Waals surface area contributed by atoms with Crippen LogP contribution in [0, 0.1) is 0 Å². The Morgan fingerprint density at radius 2 is 0.925 bits per heavy atom. The molecule has 0 aromatic heterocycles. The monoisotopic (exact) mass is 565 g/mol. The first kappa shape index (κ1) is 38.7. The summed E-state index contributed by atoms with van der Waals surface area (Å²) in [7, 11) is 0. The highest BCUT2D eigenvalue weighted by atomic mass is 16.5. The first-order valence-corrected chi connectivity index (χ1v) is 17.7. The number of carbonyl (C=O) groups is 2. The van der Waals surface area contributed by atoms with Crippen molar-refractivity contribution in [2.24, 2.45) is 0 Å². The van der Waals surface area contributed by atoms with E-state index >= 15 is 0 Å². The maximum absolute atomic E-state index is 12.4. The molecule has 0 aliphatic carbocycles. The van der Waals surface area contributed by atoms with Gasteiger partial charge in [-0.1, -0.05) is 142 Å². The van der Waals surface area contributed by atoms with Crippen LogP contribution in [-0.2, 0) is 14.3 Å². The third kappa shape index (κ3) is 31.2. The molecule has 236 valence electrons. The van der Waals surface area contributed by atoms with Crippen LogP contribution in [0.15, 0.2) is 12.2 Å². The van der Waals surface area contributed by atoms with Gasteiger partial charge in [-0.2, -0.15) is 0 Å². The van der Waals surface area contributed by atoms with E-state index in [0.29, 0.717) is 19.3 Å². The van der Waals surface area contributed by atoms with Gasteiger partial charge in [0.1, 0.15) is 6.10 Å². The summed E-state index contributed by atoms with van der Waals surface area (Å²) in [5.74, 6) is -0.864. The number of unbranched alkanes of at least 4 members (excludes halogenated alkanes) is 21. The van der Waals surface area contributed by atoms with E-state index in [9.17, 15) is 9.59 Å². The Morgan fingerprint density at radius 1 is 0.525 bits per heavy atom. The number of allylic oxidation sites excluding steroid dienone is 2. The number of aliphatic carboxylic acids is 1. The zero-order chi connectivity index (χ0) is 29.4. The molecule has 0 fully saturated rings. The molecule has 0 heterocycles. The number of carboxylic acid groups (broad SMARTS) is 1. The zero-order valence-electron chi connectivity index (χ0n) is 26.9. The van der Waals surface area contributed by atoms with Crippen LogP contribution in [0.5, 0.6) is 0 Å². The molecule has 1 unspecified atom stereocenters. The summed E-state index contributed by atoms with van der Waals surface area (Å²) < 4.78 is 5.79. The van der Waals surface area contributed by atoms with E-state index < -0.39 is 5.97 Å². The molecule has 0 spiro atoms. The first-order chi connectivity index (χ1) is 19.6. The molecule has 0 bridgehead atoms. The van der Waals surface area contributed by atoms with Gasteiger partial charge >= 0.3 is 11.9 Å². The van der Waals surface area contributed by atoms with Crippen LogP contribution in [-0.4, -0.2) is 23.1 Å². The topological polar surface area (TPSA) is 63.6 Å². The van der Waals surface area contributed by atoms with Crippen molar-refractivity contribution in [1.82, 2.24) is 0 Å². The van der Waals surface area contributed by atoms with E-state index in [1.165, 1.54) is 135 Å². The summed E-state index contributed by atoms with van der Waals surface area (Å²) in [6, 6.07) is 0. The average molecular weight is 565 g/mol. The molecule has 1 atom stereocenters. The summed E-state index contributed by atoms with van der Waals surface area (Å²) in [5, 5.41) is 8.96. The van der Waals surface area contributed by atoms with Crippen molar-refractivity contribution in [2.75, 3.05) is 0 Å². The molecule has 40 heavy (non-hydrogen) atoms. The predicted molar refractivity (Wildman–Crippen MR) is 172 cm³/mol. The van der Waals surface area contributed by atoms with Gasteiger partial charge in [0.15, 0.2) is 0 Å². The Morgan fingerprint density at radius 3 is 1.40 bits per heavy atom. The minimum absolute atomic E-state index is 0.0935. The second-order valence-corrected chi connectivity index (χ2v) is 12.1. The number of hydrogen-bond donors (Lipinski definition) is 1. The van der Waals surface area contributed by atoms with Crippen molar-refractivity contribution in [3.63, 3.8) is 0 Å². The fourth-order valence-electron chi connectivity index (χ4n) is 5.36. The van der Waals surface area contributed by atoms with E-state index in [-0.39, 0.29) is 18.5 Å². The smallest absolute Gasteiger partial charge is 0.306 e. The summed E-state index contributed by atoms with van der Waals surface area (Å²) in [6.45, 7) is 4.52. The summed E-state index contributed by atoms with van der Waals surface area (Å²) in [4.78, 5) is 23.3. The van der Waals surface area contributed by atoms with Gasteiger partial charge in [-0.3, -0.25) is 9.59 Å². The quantitative estimate of drug-likeness (QED) is 0.0501.